The van der Waals surface area contributed by atoms with E-state index in [4.69, 9.17) is 0 Å². The van der Waals surface area contributed by atoms with Gasteiger partial charge in [-0.2, -0.15) is 0 Å². The summed E-state index contributed by atoms with van der Waals surface area (Å²) in [6, 6.07) is 10.1. The molecule has 1 aliphatic rings. The number of nitrogens with zero attached hydrogens (tertiary/aromatic N) is 2. The third-order valence-electron chi connectivity index (χ3n) is 3.99. The number of piperazine rings is 1. The second kappa shape index (κ2) is 6.37. The van der Waals surface area contributed by atoms with Crippen molar-refractivity contribution in [3.05, 3.63) is 35.9 Å². The van der Waals surface area contributed by atoms with E-state index in [1.54, 1.807) is 0 Å². The summed E-state index contributed by atoms with van der Waals surface area (Å²) >= 11 is 0. The van der Waals surface area contributed by atoms with E-state index < -0.39 is 0 Å². The van der Waals surface area contributed by atoms with Crippen molar-refractivity contribution in [3.63, 3.8) is 0 Å². The Hall–Kier alpha value is -1.39. The number of carbonyl (C=O) groups is 1. The Morgan fingerprint density at radius 2 is 2.05 bits per heavy atom. The second-order valence-electron chi connectivity index (χ2n) is 6.15. The van der Waals surface area contributed by atoms with E-state index >= 15 is 0 Å². The van der Waals surface area contributed by atoms with E-state index in [1.807, 2.05) is 30.1 Å². The van der Waals surface area contributed by atoms with E-state index in [9.17, 15) is 4.79 Å². The lowest BCUT2D eigenvalue weighted by atomic mass is 10.0. The SMILES string of the molecule is CN(Cc1ccccc1)C(=O)CN1CCNCC1(C)C. The average Bonchev–Trinajstić information content (AvgIpc) is 2.42. The van der Waals surface area contributed by atoms with Gasteiger partial charge in [0.25, 0.3) is 0 Å². The number of hydrogen-bond acceptors (Lipinski definition) is 3. The minimum Gasteiger partial charge on any atom is -0.340 e. The average molecular weight is 275 g/mol. The van der Waals surface area contributed by atoms with Crippen molar-refractivity contribution in [2.75, 3.05) is 33.2 Å². The first kappa shape index (κ1) is 15.0. The molecule has 1 heterocycles. The summed E-state index contributed by atoms with van der Waals surface area (Å²) in [7, 11) is 1.88. The van der Waals surface area contributed by atoms with Gasteiger partial charge >= 0.3 is 0 Å². The summed E-state index contributed by atoms with van der Waals surface area (Å²) in [6.45, 7) is 8.36. The maximum Gasteiger partial charge on any atom is 0.236 e. The van der Waals surface area contributed by atoms with Gasteiger partial charge in [0.1, 0.15) is 0 Å². The normalized spacial score (nSPS) is 18.8. The van der Waals surface area contributed by atoms with E-state index in [0.717, 1.165) is 19.6 Å². The lowest BCUT2D eigenvalue weighted by molar-refractivity contribution is -0.133. The highest BCUT2D eigenvalue weighted by molar-refractivity contribution is 5.78. The quantitative estimate of drug-likeness (QED) is 0.900. The van der Waals surface area contributed by atoms with Gasteiger partial charge in [-0.1, -0.05) is 30.3 Å². The summed E-state index contributed by atoms with van der Waals surface area (Å²) in [6.07, 6.45) is 0. The van der Waals surface area contributed by atoms with Crippen LogP contribution in [0.2, 0.25) is 0 Å². The lowest BCUT2D eigenvalue weighted by Crippen LogP contribution is -2.59. The maximum absolute atomic E-state index is 12.4. The summed E-state index contributed by atoms with van der Waals surface area (Å²) in [4.78, 5) is 16.5. The Bertz CT molecular complexity index is 444. The van der Waals surface area contributed by atoms with Gasteiger partial charge in [0, 0.05) is 38.8 Å². The molecule has 0 atom stereocenters. The molecule has 0 aromatic heterocycles. The fraction of sp³-hybridized carbons (Fsp3) is 0.562. The molecule has 1 amide bonds. The zero-order valence-electron chi connectivity index (χ0n) is 12.7. The van der Waals surface area contributed by atoms with Crippen LogP contribution in [0, 0.1) is 0 Å². The molecule has 1 N–H and O–H groups in total. The van der Waals surface area contributed by atoms with Crippen LogP contribution in [0.5, 0.6) is 0 Å². The highest BCUT2D eigenvalue weighted by atomic mass is 16.2. The van der Waals surface area contributed by atoms with Crippen LogP contribution < -0.4 is 5.32 Å². The van der Waals surface area contributed by atoms with Crippen LogP contribution in [-0.2, 0) is 11.3 Å². The third kappa shape index (κ3) is 3.81. The van der Waals surface area contributed by atoms with Gasteiger partial charge in [0.2, 0.25) is 5.91 Å². The molecule has 0 aliphatic carbocycles. The van der Waals surface area contributed by atoms with Gasteiger partial charge in [-0.15, -0.1) is 0 Å². The van der Waals surface area contributed by atoms with Crippen LogP contribution in [0.25, 0.3) is 0 Å². The van der Waals surface area contributed by atoms with Gasteiger partial charge < -0.3 is 10.2 Å². The van der Waals surface area contributed by atoms with Crippen LogP contribution >= 0.6 is 0 Å². The number of amides is 1. The number of nitrogens with one attached hydrogen (secondary N) is 1. The Balaban J connectivity index is 1.90. The summed E-state index contributed by atoms with van der Waals surface area (Å²) in [5.41, 5.74) is 1.21. The summed E-state index contributed by atoms with van der Waals surface area (Å²) in [5, 5.41) is 3.38. The van der Waals surface area contributed by atoms with Crippen molar-refractivity contribution in [1.29, 1.82) is 0 Å². The van der Waals surface area contributed by atoms with Crippen LogP contribution in [0.4, 0.5) is 0 Å². The number of carbonyl (C=O) groups excluding carboxylic acids is 1. The molecule has 4 nitrogen and oxygen atoms in total. The van der Waals surface area contributed by atoms with E-state index in [0.29, 0.717) is 13.1 Å². The molecular weight excluding hydrogens is 250 g/mol. The van der Waals surface area contributed by atoms with Crippen LogP contribution in [0.3, 0.4) is 0 Å². The topological polar surface area (TPSA) is 35.6 Å². The van der Waals surface area contributed by atoms with E-state index in [1.165, 1.54) is 5.56 Å². The van der Waals surface area contributed by atoms with E-state index in [-0.39, 0.29) is 11.4 Å². The van der Waals surface area contributed by atoms with Crippen LogP contribution in [0.15, 0.2) is 30.3 Å². The first-order valence-electron chi connectivity index (χ1n) is 7.23. The largest absolute Gasteiger partial charge is 0.340 e. The monoisotopic (exact) mass is 275 g/mol. The van der Waals surface area contributed by atoms with Crippen molar-refractivity contribution in [2.45, 2.75) is 25.9 Å². The molecule has 0 bridgehead atoms. The molecule has 1 aromatic carbocycles. The smallest absolute Gasteiger partial charge is 0.236 e. The highest BCUT2D eigenvalue weighted by Crippen LogP contribution is 2.16. The molecule has 1 saturated heterocycles. The minimum absolute atomic E-state index is 0.0432. The molecule has 4 heteroatoms. The van der Waals surface area contributed by atoms with Crippen molar-refractivity contribution >= 4 is 5.91 Å². The van der Waals surface area contributed by atoms with Crippen molar-refractivity contribution in [2.24, 2.45) is 0 Å². The summed E-state index contributed by atoms with van der Waals surface area (Å²) in [5.74, 6) is 0.184. The molecule has 0 unspecified atom stereocenters. The van der Waals surface area contributed by atoms with Crippen molar-refractivity contribution < 1.29 is 4.79 Å². The number of hydrogen-bond donors (Lipinski definition) is 1. The molecule has 0 radical (unpaired) electrons. The Kier molecular flexibility index (Phi) is 4.78. The second-order valence-corrected chi connectivity index (χ2v) is 6.15. The first-order chi connectivity index (χ1) is 9.49. The van der Waals surface area contributed by atoms with Gasteiger partial charge in [-0.05, 0) is 19.4 Å². The zero-order chi connectivity index (χ0) is 14.6. The minimum atomic E-state index is 0.0432. The number of likely N-dealkylation sites (N-methyl/N-ethyl adjacent to an activating group) is 1. The Morgan fingerprint density at radius 1 is 1.35 bits per heavy atom. The Labute approximate surface area is 121 Å². The zero-order valence-corrected chi connectivity index (χ0v) is 12.7. The number of benzene rings is 1. The molecular formula is C16H25N3O. The fourth-order valence-corrected chi connectivity index (χ4v) is 2.55. The highest BCUT2D eigenvalue weighted by Gasteiger charge is 2.31. The molecule has 110 valence electrons. The summed E-state index contributed by atoms with van der Waals surface area (Å²) < 4.78 is 0. The van der Waals surface area contributed by atoms with Crippen LogP contribution in [-0.4, -0.2) is 54.5 Å². The lowest BCUT2D eigenvalue weighted by Gasteiger charge is -2.42. The predicted octanol–water partition coefficient (Wildman–Crippen LogP) is 1.33. The Morgan fingerprint density at radius 3 is 2.70 bits per heavy atom. The third-order valence-corrected chi connectivity index (χ3v) is 3.99. The van der Waals surface area contributed by atoms with Gasteiger partial charge in [-0.25, -0.2) is 0 Å². The number of rotatable bonds is 4. The first-order valence-corrected chi connectivity index (χ1v) is 7.23. The standard InChI is InChI=1S/C16H25N3O/c1-16(2)13-17-9-10-19(16)12-15(20)18(3)11-14-7-5-4-6-8-14/h4-8,17H,9-13H2,1-3H3. The van der Waals surface area contributed by atoms with Crippen molar-refractivity contribution in [3.8, 4) is 0 Å². The maximum atomic E-state index is 12.4. The molecule has 1 aromatic rings. The van der Waals surface area contributed by atoms with Crippen molar-refractivity contribution in [1.82, 2.24) is 15.1 Å². The molecule has 20 heavy (non-hydrogen) atoms. The van der Waals surface area contributed by atoms with Gasteiger partial charge in [0.15, 0.2) is 0 Å². The fourth-order valence-electron chi connectivity index (χ4n) is 2.55. The molecule has 0 saturated carbocycles. The molecule has 1 aliphatic heterocycles. The van der Waals surface area contributed by atoms with Gasteiger partial charge in [-0.3, -0.25) is 9.69 Å². The van der Waals surface area contributed by atoms with Gasteiger partial charge in [0.05, 0.1) is 6.54 Å². The predicted molar refractivity (Wildman–Crippen MR) is 81.4 cm³/mol. The van der Waals surface area contributed by atoms with E-state index in [2.05, 4.69) is 36.2 Å². The molecule has 2 rings (SSSR count). The molecule has 0 spiro atoms. The molecule has 1 fully saturated rings. The van der Waals surface area contributed by atoms with Crippen LogP contribution in [0.1, 0.15) is 19.4 Å².